The van der Waals surface area contributed by atoms with E-state index in [1.807, 2.05) is 12.1 Å². The van der Waals surface area contributed by atoms with Crippen LogP contribution in [-0.4, -0.2) is 20.3 Å². The van der Waals surface area contributed by atoms with Crippen molar-refractivity contribution in [2.24, 2.45) is 0 Å². The van der Waals surface area contributed by atoms with Crippen LogP contribution in [0.5, 0.6) is 23.0 Å². The summed E-state index contributed by atoms with van der Waals surface area (Å²) < 4.78 is 24.8. The monoisotopic (exact) mass is 752 g/mol. The maximum Gasteiger partial charge on any atom is 0.252 e. The number of fused-ring (bicyclic) bond motifs is 7. The molecule has 0 fully saturated rings. The van der Waals surface area contributed by atoms with Crippen molar-refractivity contribution in [2.45, 2.75) is 78.6 Å². The zero-order valence-electron chi connectivity index (χ0n) is 34.4. The molecule has 0 aromatic heterocycles. The Morgan fingerprint density at radius 3 is 1.68 bits per heavy atom. The fourth-order valence-electron chi connectivity index (χ4n) is 8.97. The summed E-state index contributed by atoms with van der Waals surface area (Å²) in [5.74, 6) is 2.92. The molecular weight excluding hydrogens is 703 g/mol. The first-order chi connectivity index (χ1) is 27.2. The van der Waals surface area contributed by atoms with E-state index in [0.29, 0.717) is 5.75 Å². The van der Waals surface area contributed by atoms with Crippen molar-refractivity contribution < 1.29 is 18.9 Å². The highest BCUT2D eigenvalue weighted by atomic mass is 16.7. The molecule has 286 valence electrons. The summed E-state index contributed by atoms with van der Waals surface area (Å²) in [6.07, 6.45) is 0. The van der Waals surface area contributed by atoms with Crippen molar-refractivity contribution in [3.05, 3.63) is 126 Å². The van der Waals surface area contributed by atoms with Gasteiger partial charge in [-0.2, -0.15) is 0 Å². The van der Waals surface area contributed by atoms with Crippen LogP contribution >= 0.6 is 0 Å². The van der Waals surface area contributed by atoms with Crippen LogP contribution in [-0.2, 0) is 16.2 Å². The molecular formula is C50H49BN2O4. The second-order valence-corrected chi connectivity index (χ2v) is 18.9. The van der Waals surface area contributed by atoms with Gasteiger partial charge in [0.2, 0.25) is 13.6 Å². The largest absolute Gasteiger partial charge is 0.454 e. The SMILES string of the molecule is CC(C)(C)c1ccc(-c2cc3c4c(c2)N(c2cccc5c2OCO5)c2c(ccc5c2OCO5)B4c2cc(C(C)(C)C)ccc2N3c2ccc(C(C)(C)C)cc2)cc1. The number of rotatable bonds is 3. The van der Waals surface area contributed by atoms with Crippen LogP contribution in [0.3, 0.4) is 0 Å². The van der Waals surface area contributed by atoms with Gasteiger partial charge in [-0.25, -0.2) is 0 Å². The van der Waals surface area contributed by atoms with Gasteiger partial charge in [0.25, 0.3) is 6.71 Å². The summed E-state index contributed by atoms with van der Waals surface area (Å²) in [5, 5.41) is 0. The highest BCUT2D eigenvalue weighted by molar-refractivity contribution is 7.00. The molecule has 0 spiro atoms. The minimum Gasteiger partial charge on any atom is -0.454 e. The Bertz CT molecular complexity index is 2590. The molecule has 6 aromatic rings. The van der Waals surface area contributed by atoms with Gasteiger partial charge >= 0.3 is 0 Å². The Morgan fingerprint density at radius 2 is 1.04 bits per heavy atom. The summed E-state index contributed by atoms with van der Waals surface area (Å²) in [7, 11) is 0. The van der Waals surface area contributed by atoms with E-state index in [2.05, 4.69) is 169 Å². The highest BCUT2D eigenvalue weighted by Gasteiger charge is 2.47. The van der Waals surface area contributed by atoms with Gasteiger partial charge in [-0.15, -0.1) is 0 Å². The number of hydrogen-bond donors (Lipinski definition) is 0. The number of ether oxygens (including phenoxy) is 4. The molecule has 7 heteroatoms. The Morgan fingerprint density at radius 1 is 0.456 bits per heavy atom. The van der Waals surface area contributed by atoms with Crippen LogP contribution in [0.4, 0.5) is 34.1 Å². The van der Waals surface area contributed by atoms with Crippen molar-refractivity contribution in [3.8, 4) is 34.1 Å². The molecule has 10 rings (SSSR count). The molecule has 6 aromatic carbocycles. The van der Waals surface area contributed by atoms with Crippen molar-refractivity contribution >= 4 is 57.2 Å². The third-order valence-electron chi connectivity index (χ3n) is 12.1. The first-order valence-corrected chi connectivity index (χ1v) is 20.1. The maximum absolute atomic E-state index is 6.43. The van der Waals surface area contributed by atoms with Crippen LogP contribution in [0.2, 0.25) is 0 Å². The molecule has 0 atom stereocenters. The van der Waals surface area contributed by atoms with Crippen molar-refractivity contribution in [3.63, 3.8) is 0 Å². The van der Waals surface area contributed by atoms with Crippen molar-refractivity contribution in [1.82, 2.24) is 0 Å². The third-order valence-corrected chi connectivity index (χ3v) is 12.1. The van der Waals surface area contributed by atoms with Gasteiger partial charge in [0.1, 0.15) is 0 Å². The third kappa shape index (κ3) is 5.60. The second kappa shape index (κ2) is 12.3. The molecule has 0 aliphatic carbocycles. The molecule has 0 N–H and O–H groups in total. The van der Waals surface area contributed by atoms with E-state index in [9.17, 15) is 0 Å². The Hall–Kier alpha value is -5.82. The van der Waals surface area contributed by atoms with E-state index in [1.54, 1.807) is 0 Å². The lowest BCUT2D eigenvalue weighted by Crippen LogP contribution is -2.61. The van der Waals surface area contributed by atoms with Crippen molar-refractivity contribution in [2.75, 3.05) is 23.4 Å². The number of benzene rings is 6. The predicted molar refractivity (Wildman–Crippen MR) is 234 cm³/mol. The van der Waals surface area contributed by atoms with Crippen molar-refractivity contribution in [1.29, 1.82) is 0 Å². The summed E-state index contributed by atoms with van der Waals surface area (Å²) in [4.78, 5) is 4.83. The molecule has 6 nitrogen and oxygen atoms in total. The van der Waals surface area contributed by atoms with E-state index in [0.717, 1.165) is 62.3 Å². The first-order valence-electron chi connectivity index (χ1n) is 20.1. The van der Waals surface area contributed by atoms with Crippen LogP contribution < -0.4 is 45.1 Å². The van der Waals surface area contributed by atoms with Gasteiger partial charge in [-0.3, -0.25) is 0 Å². The lowest BCUT2D eigenvalue weighted by atomic mass is 9.33. The Labute approximate surface area is 337 Å². The maximum atomic E-state index is 6.43. The number of anilines is 6. The number of para-hydroxylation sites is 1. The summed E-state index contributed by atoms with van der Waals surface area (Å²) in [6, 6.07) is 40.6. The topological polar surface area (TPSA) is 43.4 Å². The number of nitrogens with zero attached hydrogens (tertiary/aromatic N) is 2. The molecule has 0 bridgehead atoms. The van der Waals surface area contributed by atoms with E-state index in [1.165, 1.54) is 33.3 Å². The van der Waals surface area contributed by atoms with Crippen LogP contribution in [0, 0.1) is 0 Å². The molecule has 4 aliphatic rings. The van der Waals surface area contributed by atoms with Crippen LogP contribution in [0.25, 0.3) is 11.1 Å². The van der Waals surface area contributed by atoms with Gasteiger partial charge in [0.15, 0.2) is 23.0 Å². The average Bonchev–Trinajstić information content (AvgIpc) is 3.87. The molecule has 0 saturated carbocycles. The van der Waals surface area contributed by atoms with Gasteiger partial charge in [-0.05, 0) is 109 Å². The van der Waals surface area contributed by atoms with E-state index in [4.69, 9.17) is 18.9 Å². The minimum absolute atomic E-state index is 0.0291. The first kappa shape index (κ1) is 35.6. The van der Waals surface area contributed by atoms with Gasteiger partial charge in [0, 0.05) is 22.7 Å². The fraction of sp³-hybridized carbons (Fsp3) is 0.280. The lowest BCUT2D eigenvalue weighted by Gasteiger charge is -2.45. The molecule has 0 saturated heterocycles. The van der Waals surface area contributed by atoms with Crippen LogP contribution in [0.15, 0.2) is 109 Å². The Balaban J connectivity index is 1.32. The molecule has 0 radical (unpaired) electrons. The molecule has 0 unspecified atom stereocenters. The number of hydrogen-bond acceptors (Lipinski definition) is 6. The van der Waals surface area contributed by atoms with E-state index in [-0.39, 0.29) is 36.5 Å². The lowest BCUT2D eigenvalue weighted by molar-refractivity contribution is 0.174. The van der Waals surface area contributed by atoms with Gasteiger partial charge in [0.05, 0.1) is 11.4 Å². The zero-order chi connectivity index (χ0) is 39.6. The molecule has 57 heavy (non-hydrogen) atoms. The highest BCUT2D eigenvalue weighted by Crippen LogP contribution is 2.54. The smallest absolute Gasteiger partial charge is 0.252 e. The normalized spacial score (nSPS) is 15.1. The standard InChI is InChI=1S/C50H49BN2O4/c1-48(2,3)32-15-13-30(14-16-32)31-25-40-44-41(26-31)53(39-11-10-12-42-46(39)56-28-54-42)45-36(22-24-43-47(45)57-29-55-43)51(44)37-27-34(50(7,8)9)19-23-38(37)52(40)35-20-17-33(18-21-35)49(4,5)6/h10-27H,28-29H2,1-9H3. The fourth-order valence-corrected chi connectivity index (χ4v) is 8.97. The quantitative estimate of drug-likeness (QED) is 0.168. The average molecular weight is 753 g/mol. The molecule has 4 heterocycles. The van der Waals surface area contributed by atoms with Gasteiger partial charge < -0.3 is 28.7 Å². The zero-order valence-corrected chi connectivity index (χ0v) is 34.4. The Kier molecular flexibility index (Phi) is 7.71. The van der Waals surface area contributed by atoms with E-state index >= 15 is 0 Å². The molecule has 0 amide bonds. The second-order valence-electron chi connectivity index (χ2n) is 18.9. The van der Waals surface area contributed by atoms with Gasteiger partial charge in [-0.1, -0.05) is 123 Å². The van der Waals surface area contributed by atoms with Crippen LogP contribution in [0.1, 0.15) is 79.0 Å². The minimum atomic E-state index is -0.0932. The summed E-state index contributed by atoms with van der Waals surface area (Å²) in [6.45, 7) is 20.7. The van der Waals surface area contributed by atoms with E-state index < -0.39 is 0 Å². The summed E-state index contributed by atoms with van der Waals surface area (Å²) >= 11 is 0. The molecule has 4 aliphatic heterocycles. The predicted octanol–water partition coefficient (Wildman–Crippen LogP) is 10.8. The summed E-state index contributed by atoms with van der Waals surface area (Å²) in [5.41, 5.74) is 16.2.